The van der Waals surface area contributed by atoms with Crippen molar-refractivity contribution in [3.63, 3.8) is 0 Å². The first kappa shape index (κ1) is 22.6. The van der Waals surface area contributed by atoms with Crippen LogP contribution in [0.5, 0.6) is 0 Å². The van der Waals surface area contributed by atoms with Gasteiger partial charge in [0.1, 0.15) is 5.01 Å². The molecular weight excluding hydrogens is 375 g/mol. The molecule has 1 aliphatic heterocycles. The number of pyridine rings is 1. The molecule has 0 bridgehead atoms. The summed E-state index contributed by atoms with van der Waals surface area (Å²) in [5.74, 6) is 0.719. The number of nitrogens with two attached hydrogens (primary N) is 1. The van der Waals surface area contributed by atoms with Crippen molar-refractivity contribution in [2.75, 3.05) is 19.6 Å². The molecule has 1 saturated heterocycles. The van der Waals surface area contributed by atoms with Crippen molar-refractivity contribution in [3.05, 3.63) is 35.5 Å². The highest BCUT2D eigenvalue weighted by atomic mass is 35.5. The van der Waals surface area contributed by atoms with Gasteiger partial charge in [0.05, 0.1) is 5.69 Å². The zero-order chi connectivity index (χ0) is 13.8. The molecule has 0 spiro atoms. The minimum Gasteiger partial charge on any atom is -0.330 e. The maximum atomic E-state index is 5.74. The normalized spacial score (nSPS) is 15.2. The summed E-state index contributed by atoms with van der Waals surface area (Å²) in [5.41, 5.74) is 6.70. The maximum Gasteiger partial charge on any atom is 0.142 e. The van der Waals surface area contributed by atoms with Crippen molar-refractivity contribution in [1.82, 2.24) is 14.9 Å². The second kappa shape index (κ2) is 11.2. The number of rotatable bonds is 4. The molecular formula is C15H23Cl3N4S. The highest BCUT2D eigenvalue weighted by Gasteiger charge is 2.18. The molecule has 3 rings (SSSR count). The molecule has 0 atom stereocenters. The van der Waals surface area contributed by atoms with E-state index in [0.717, 1.165) is 42.8 Å². The van der Waals surface area contributed by atoms with Gasteiger partial charge in [0.15, 0.2) is 0 Å². The molecule has 0 saturated carbocycles. The van der Waals surface area contributed by atoms with Crippen LogP contribution in [0.25, 0.3) is 10.7 Å². The number of piperidine rings is 1. The quantitative estimate of drug-likeness (QED) is 0.855. The zero-order valence-electron chi connectivity index (χ0n) is 12.8. The van der Waals surface area contributed by atoms with Crippen molar-refractivity contribution in [1.29, 1.82) is 0 Å². The summed E-state index contributed by atoms with van der Waals surface area (Å²) in [4.78, 5) is 12.7. The number of nitrogens with zero attached hydrogens (tertiary/aromatic N) is 3. The van der Waals surface area contributed by atoms with Gasteiger partial charge in [-0.1, -0.05) is 6.07 Å². The number of halogens is 3. The summed E-state index contributed by atoms with van der Waals surface area (Å²) in [6.07, 6.45) is 6.25. The van der Waals surface area contributed by atoms with E-state index >= 15 is 0 Å². The minimum atomic E-state index is 0. The van der Waals surface area contributed by atoms with Crippen molar-refractivity contribution in [2.45, 2.75) is 19.4 Å². The van der Waals surface area contributed by atoms with E-state index in [9.17, 15) is 0 Å². The average Bonchev–Trinajstić information content (AvgIpc) is 2.97. The number of hydrogen-bond acceptors (Lipinski definition) is 5. The van der Waals surface area contributed by atoms with Gasteiger partial charge in [-0.2, -0.15) is 0 Å². The first-order valence-electron chi connectivity index (χ1n) is 7.13. The molecule has 0 radical (unpaired) electrons. The minimum absolute atomic E-state index is 0. The lowest BCUT2D eigenvalue weighted by Gasteiger charge is -2.30. The topological polar surface area (TPSA) is 55.0 Å². The lowest BCUT2D eigenvalue weighted by Crippen LogP contribution is -2.35. The Labute approximate surface area is 160 Å². The number of hydrogen-bond donors (Lipinski definition) is 1. The van der Waals surface area contributed by atoms with Crippen molar-refractivity contribution in [3.8, 4) is 10.7 Å². The van der Waals surface area contributed by atoms with E-state index in [1.54, 1.807) is 11.3 Å². The van der Waals surface area contributed by atoms with E-state index < -0.39 is 0 Å². The van der Waals surface area contributed by atoms with Crippen LogP contribution in [0.1, 0.15) is 17.7 Å². The van der Waals surface area contributed by atoms with E-state index in [-0.39, 0.29) is 37.2 Å². The Morgan fingerprint density at radius 2 is 1.87 bits per heavy atom. The second-order valence-corrected chi connectivity index (χ2v) is 6.42. The summed E-state index contributed by atoms with van der Waals surface area (Å²) in [7, 11) is 0. The summed E-state index contributed by atoms with van der Waals surface area (Å²) in [6, 6.07) is 5.94. The first-order chi connectivity index (χ1) is 9.85. The van der Waals surface area contributed by atoms with E-state index in [2.05, 4.69) is 14.9 Å². The standard InChI is InChI=1S/C15H20N4S.3ClH/c16-9-12-4-7-19(8-5-12)11-13-10-18-15(20-13)14-3-1-2-6-17-14;;;/h1-3,6,10,12H,4-5,7-9,11,16H2;3*1H. The zero-order valence-corrected chi connectivity index (χ0v) is 16.0. The molecule has 4 nitrogen and oxygen atoms in total. The second-order valence-electron chi connectivity index (χ2n) is 5.30. The fraction of sp³-hybridized carbons (Fsp3) is 0.467. The van der Waals surface area contributed by atoms with Crippen LogP contribution in [0.2, 0.25) is 0 Å². The molecule has 2 N–H and O–H groups in total. The van der Waals surface area contributed by atoms with Crippen LogP contribution in [0.4, 0.5) is 0 Å². The summed E-state index contributed by atoms with van der Waals surface area (Å²) in [5, 5.41) is 1.01. The average molecular weight is 398 g/mol. The molecule has 3 heterocycles. The number of aromatic nitrogens is 2. The molecule has 1 aliphatic rings. The molecule has 130 valence electrons. The SMILES string of the molecule is Cl.Cl.Cl.NCC1CCN(Cc2cnc(-c3ccccn3)s2)CC1. The molecule has 23 heavy (non-hydrogen) atoms. The Morgan fingerprint density at radius 1 is 1.13 bits per heavy atom. The Morgan fingerprint density at radius 3 is 2.48 bits per heavy atom. The molecule has 2 aromatic heterocycles. The van der Waals surface area contributed by atoms with Crippen LogP contribution in [0.15, 0.2) is 30.6 Å². The van der Waals surface area contributed by atoms with Gasteiger partial charge in [0.2, 0.25) is 0 Å². The lowest BCUT2D eigenvalue weighted by molar-refractivity contribution is 0.182. The summed E-state index contributed by atoms with van der Waals surface area (Å²) >= 11 is 1.75. The summed E-state index contributed by atoms with van der Waals surface area (Å²) < 4.78 is 0. The maximum absolute atomic E-state index is 5.74. The molecule has 8 heteroatoms. The van der Waals surface area contributed by atoms with Gasteiger partial charge in [-0.15, -0.1) is 48.6 Å². The third-order valence-electron chi connectivity index (χ3n) is 3.86. The highest BCUT2D eigenvalue weighted by Crippen LogP contribution is 2.25. The fourth-order valence-electron chi connectivity index (χ4n) is 2.59. The van der Waals surface area contributed by atoms with Gasteiger partial charge in [-0.25, -0.2) is 4.98 Å². The largest absolute Gasteiger partial charge is 0.330 e. The third kappa shape index (κ3) is 6.18. The van der Waals surface area contributed by atoms with Crippen molar-refractivity contribution in [2.24, 2.45) is 11.7 Å². The Bertz CT molecular complexity index is 545. The van der Waals surface area contributed by atoms with Crippen LogP contribution < -0.4 is 5.73 Å². The fourth-order valence-corrected chi connectivity index (χ4v) is 3.52. The van der Waals surface area contributed by atoms with Gasteiger partial charge in [-0.05, 0) is 50.5 Å². The van der Waals surface area contributed by atoms with Crippen LogP contribution in [0, 0.1) is 5.92 Å². The van der Waals surface area contributed by atoms with Gasteiger partial charge in [0.25, 0.3) is 0 Å². The molecule has 0 amide bonds. The monoisotopic (exact) mass is 396 g/mol. The number of thiazole rings is 1. The predicted molar refractivity (Wildman–Crippen MR) is 104 cm³/mol. The van der Waals surface area contributed by atoms with E-state index in [4.69, 9.17) is 5.73 Å². The van der Waals surface area contributed by atoms with E-state index in [1.807, 2.05) is 30.6 Å². The van der Waals surface area contributed by atoms with Gasteiger partial charge in [0, 0.05) is 23.8 Å². The van der Waals surface area contributed by atoms with Gasteiger partial charge >= 0.3 is 0 Å². The smallest absolute Gasteiger partial charge is 0.142 e. The Kier molecular flexibility index (Phi) is 11.0. The summed E-state index contributed by atoms with van der Waals surface area (Å²) in [6.45, 7) is 4.14. The Hall–Kier alpha value is -0.430. The Balaban J connectivity index is 0.00000161. The van der Waals surface area contributed by atoms with Gasteiger partial charge < -0.3 is 5.73 Å². The highest BCUT2D eigenvalue weighted by molar-refractivity contribution is 7.14. The molecule has 1 fully saturated rings. The van der Waals surface area contributed by atoms with E-state index in [1.165, 1.54) is 17.7 Å². The van der Waals surface area contributed by atoms with E-state index in [0.29, 0.717) is 0 Å². The number of likely N-dealkylation sites (tertiary alicyclic amines) is 1. The third-order valence-corrected chi connectivity index (χ3v) is 4.86. The molecule has 0 aliphatic carbocycles. The molecule has 2 aromatic rings. The van der Waals surface area contributed by atoms with Crippen molar-refractivity contribution >= 4 is 48.6 Å². The van der Waals surface area contributed by atoms with Crippen LogP contribution in [-0.4, -0.2) is 34.5 Å². The van der Waals surface area contributed by atoms with Crippen molar-refractivity contribution < 1.29 is 0 Å². The molecule has 0 aromatic carbocycles. The van der Waals surface area contributed by atoms with Crippen LogP contribution >= 0.6 is 48.6 Å². The predicted octanol–water partition coefficient (Wildman–Crippen LogP) is 3.64. The molecule has 0 unspecified atom stereocenters. The van der Waals surface area contributed by atoms with Crippen LogP contribution in [0.3, 0.4) is 0 Å². The first-order valence-corrected chi connectivity index (χ1v) is 7.95. The lowest BCUT2D eigenvalue weighted by atomic mass is 9.97. The van der Waals surface area contributed by atoms with Gasteiger partial charge in [-0.3, -0.25) is 9.88 Å². The van der Waals surface area contributed by atoms with Crippen LogP contribution in [-0.2, 0) is 6.54 Å².